The third-order valence-electron chi connectivity index (χ3n) is 8.66. The van der Waals surface area contributed by atoms with E-state index in [4.69, 9.17) is 23.7 Å². The van der Waals surface area contributed by atoms with E-state index in [9.17, 15) is 29.3 Å². The van der Waals surface area contributed by atoms with E-state index < -0.39 is 52.5 Å². The molecule has 56 heavy (non-hydrogen) atoms. The number of methoxy groups -OCH3 is 1. The molecule has 0 radical (unpaired) electrons. The summed E-state index contributed by atoms with van der Waals surface area (Å²) >= 11 is 0. The predicted octanol–water partition coefficient (Wildman–Crippen LogP) is 8.41. The summed E-state index contributed by atoms with van der Waals surface area (Å²) in [6, 6.07) is 11.3. The van der Waals surface area contributed by atoms with Crippen molar-refractivity contribution in [2.45, 2.75) is 92.6 Å². The quantitative estimate of drug-likeness (QED) is 0.0596. The van der Waals surface area contributed by atoms with Crippen molar-refractivity contribution in [3.63, 3.8) is 0 Å². The second-order valence-corrected chi connectivity index (χ2v) is 14.2. The molecule has 2 atom stereocenters. The molecule has 15 heteroatoms. The molecule has 0 aliphatic rings. The van der Waals surface area contributed by atoms with Crippen molar-refractivity contribution in [3.8, 4) is 17.4 Å². The Labute approximate surface area is 327 Å². The smallest absolute Gasteiger partial charge is 0.344 e. The van der Waals surface area contributed by atoms with E-state index in [1.807, 2.05) is 0 Å². The molecule has 3 rings (SSSR count). The lowest BCUT2D eigenvalue weighted by molar-refractivity contribution is -0.386. The van der Waals surface area contributed by atoms with Crippen molar-refractivity contribution < 1.29 is 47.8 Å². The van der Waals surface area contributed by atoms with Crippen LogP contribution in [0.15, 0.2) is 48.5 Å². The van der Waals surface area contributed by atoms with Crippen LogP contribution in [0.1, 0.15) is 118 Å². The molecule has 2 unspecified atom stereocenters. The number of rotatable bonds is 21. The number of pyridine rings is 1. The molecule has 2 amide bonds. The molecule has 0 aliphatic heterocycles. The number of nitro groups is 1. The molecule has 0 fully saturated rings. The molecular weight excluding hydrogens is 724 g/mol. The van der Waals surface area contributed by atoms with Crippen molar-refractivity contribution in [3.05, 3.63) is 75.5 Å². The van der Waals surface area contributed by atoms with Crippen LogP contribution < -0.4 is 24.8 Å². The van der Waals surface area contributed by atoms with Crippen LogP contribution >= 0.6 is 0 Å². The van der Waals surface area contributed by atoms with Gasteiger partial charge in [0.1, 0.15) is 22.8 Å². The van der Waals surface area contributed by atoms with Crippen LogP contribution in [-0.2, 0) is 14.3 Å². The average molecular weight is 779 g/mol. The Bertz CT molecular complexity index is 1840. The number of hydrogen-bond acceptors (Lipinski definition) is 12. The molecule has 1 aromatic heterocycles. The van der Waals surface area contributed by atoms with Gasteiger partial charge in [0.05, 0.1) is 42.2 Å². The number of esters is 2. The molecule has 0 bridgehead atoms. The first-order valence-electron chi connectivity index (χ1n) is 18.9. The highest BCUT2D eigenvalue weighted by atomic mass is 16.6. The van der Waals surface area contributed by atoms with E-state index >= 15 is 0 Å². The number of carbonyl (C=O) groups excluding carboxylic acids is 4. The molecule has 0 spiro atoms. The molecule has 0 aliphatic carbocycles. The predicted molar refractivity (Wildman–Crippen MR) is 211 cm³/mol. The lowest BCUT2D eigenvalue weighted by Crippen LogP contribution is -2.27. The summed E-state index contributed by atoms with van der Waals surface area (Å²) in [6.07, 6.45) is 5.53. The zero-order valence-corrected chi connectivity index (χ0v) is 33.5. The van der Waals surface area contributed by atoms with Crippen LogP contribution in [0, 0.1) is 22.0 Å². The number of nitrogens with zero attached hydrogens (tertiary/aromatic N) is 2. The zero-order valence-electron chi connectivity index (χ0n) is 33.5. The lowest BCUT2D eigenvalue weighted by atomic mass is 10.0. The minimum absolute atomic E-state index is 0.201. The fourth-order valence-electron chi connectivity index (χ4n) is 5.60. The van der Waals surface area contributed by atoms with Crippen molar-refractivity contribution in [2.24, 2.45) is 11.8 Å². The highest BCUT2D eigenvalue weighted by Crippen LogP contribution is 2.32. The Kier molecular flexibility index (Phi) is 17.1. The Balaban J connectivity index is 1.94. The van der Waals surface area contributed by atoms with Crippen LogP contribution in [0.2, 0.25) is 0 Å². The lowest BCUT2D eigenvalue weighted by Gasteiger charge is -2.19. The number of carbonyl (C=O) groups is 4. The van der Waals surface area contributed by atoms with Gasteiger partial charge in [-0.1, -0.05) is 53.4 Å². The zero-order chi connectivity index (χ0) is 41.4. The Morgan fingerprint density at radius 3 is 1.80 bits per heavy atom. The van der Waals surface area contributed by atoms with E-state index in [2.05, 4.69) is 43.3 Å². The van der Waals surface area contributed by atoms with Gasteiger partial charge in [-0.2, -0.15) is 0 Å². The van der Waals surface area contributed by atoms with Crippen molar-refractivity contribution in [1.82, 2.24) is 4.98 Å². The van der Waals surface area contributed by atoms with E-state index in [-0.39, 0.29) is 40.1 Å². The van der Waals surface area contributed by atoms with Crippen LogP contribution in [-0.4, -0.2) is 66.2 Å². The molecule has 2 aromatic carbocycles. The fraction of sp³-hybridized carbons (Fsp3) is 0.488. The maximum absolute atomic E-state index is 13.7. The first-order valence-corrected chi connectivity index (χ1v) is 18.9. The minimum atomic E-state index is -0.813. The number of ether oxygens (including phenoxy) is 5. The largest absolute Gasteiger partial charge is 0.491 e. The summed E-state index contributed by atoms with van der Waals surface area (Å²) in [5.74, 6) is -2.13. The van der Waals surface area contributed by atoms with Gasteiger partial charge < -0.3 is 34.3 Å². The van der Waals surface area contributed by atoms with Gasteiger partial charge in [-0.15, -0.1) is 0 Å². The first kappa shape index (κ1) is 44.7. The van der Waals surface area contributed by atoms with Crippen LogP contribution in [0.25, 0.3) is 0 Å². The maximum atomic E-state index is 13.7. The summed E-state index contributed by atoms with van der Waals surface area (Å²) < 4.78 is 27.8. The summed E-state index contributed by atoms with van der Waals surface area (Å²) in [6.45, 7) is 13.3. The van der Waals surface area contributed by atoms with E-state index in [0.717, 1.165) is 50.7 Å². The molecule has 1 heterocycles. The Morgan fingerprint density at radius 1 is 0.768 bits per heavy atom. The molecule has 3 aromatic rings. The highest BCUT2D eigenvalue weighted by molar-refractivity contribution is 6.07. The summed E-state index contributed by atoms with van der Waals surface area (Å²) in [4.78, 5) is 66.8. The molecule has 2 N–H and O–H groups in total. The molecule has 0 saturated carbocycles. The van der Waals surface area contributed by atoms with E-state index in [1.165, 1.54) is 37.4 Å². The van der Waals surface area contributed by atoms with Gasteiger partial charge in [-0.05, 0) is 87.9 Å². The van der Waals surface area contributed by atoms with E-state index in [0.29, 0.717) is 24.7 Å². The number of benzene rings is 2. The number of amides is 2. The molecule has 304 valence electrons. The molecular formula is C41H54N4O11. The van der Waals surface area contributed by atoms with Crippen molar-refractivity contribution in [1.29, 1.82) is 0 Å². The minimum Gasteiger partial charge on any atom is -0.491 e. The van der Waals surface area contributed by atoms with Gasteiger partial charge in [0.2, 0.25) is 0 Å². The second-order valence-electron chi connectivity index (χ2n) is 14.2. The van der Waals surface area contributed by atoms with Crippen molar-refractivity contribution >= 4 is 40.8 Å². The Morgan fingerprint density at radius 2 is 1.30 bits per heavy atom. The number of nitrogens with one attached hydrogen (secondary N) is 2. The number of aromatic nitrogens is 1. The normalized spacial score (nSPS) is 12.1. The van der Waals surface area contributed by atoms with Gasteiger partial charge in [-0.25, -0.2) is 14.6 Å². The third-order valence-corrected chi connectivity index (χ3v) is 8.66. The fourth-order valence-corrected chi connectivity index (χ4v) is 5.60. The number of hydrogen-bond donors (Lipinski definition) is 2. The maximum Gasteiger partial charge on any atom is 0.344 e. The van der Waals surface area contributed by atoms with E-state index in [1.54, 1.807) is 26.8 Å². The average Bonchev–Trinajstić information content (AvgIpc) is 3.16. The van der Waals surface area contributed by atoms with Gasteiger partial charge in [0.15, 0.2) is 6.61 Å². The first-order chi connectivity index (χ1) is 26.6. The van der Waals surface area contributed by atoms with Crippen LogP contribution in [0.4, 0.5) is 17.1 Å². The van der Waals surface area contributed by atoms with Gasteiger partial charge in [-0.3, -0.25) is 19.7 Å². The SMILES string of the molecule is CCCC(CC)COc1cc(C(=O)OC)ccc1NC(=O)c1ccc(NC(=O)c2ccc([N+](=O)[O-])c(OCC(=O)OC(C)(C)C)n2)c(OCC(CC)CCC)c1. The summed E-state index contributed by atoms with van der Waals surface area (Å²) in [5.41, 5.74) is -0.585. The number of anilines is 2. The standard InChI is InChI=1S/C41H54N4O11/c1-9-13-26(11-3)23-53-34-21-28(37(47)42-30-18-16-29(40(49)52-8)22-35(30)54-24-27(12-4)14-10-2)15-17-31(34)43-38(48)32-19-20-33(45(50)51)39(44-32)55-25-36(46)56-41(5,6)7/h15-22,26-27H,9-14,23-25H2,1-8H3,(H,42,47)(H,43,48). The van der Waals surface area contributed by atoms with Crippen molar-refractivity contribution in [2.75, 3.05) is 37.6 Å². The molecule has 15 nitrogen and oxygen atoms in total. The van der Waals surface area contributed by atoms with Crippen LogP contribution in [0.3, 0.4) is 0 Å². The molecule has 0 saturated heterocycles. The highest BCUT2D eigenvalue weighted by Gasteiger charge is 2.24. The topological polar surface area (TPSA) is 195 Å². The third kappa shape index (κ3) is 13.5. The van der Waals surface area contributed by atoms with Gasteiger partial charge >= 0.3 is 17.6 Å². The summed E-state index contributed by atoms with van der Waals surface area (Å²) in [5, 5.41) is 17.3. The summed E-state index contributed by atoms with van der Waals surface area (Å²) in [7, 11) is 1.28. The van der Waals surface area contributed by atoms with Gasteiger partial charge in [0.25, 0.3) is 17.7 Å². The monoisotopic (exact) mass is 778 g/mol. The van der Waals surface area contributed by atoms with Gasteiger partial charge in [0, 0.05) is 11.6 Å². The van der Waals surface area contributed by atoms with Crippen LogP contribution in [0.5, 0.6) is 17.4 Å². The second kappa shape index (κ2) is 21.4. The Hall–Kier alpha value is -5.73.